The van der Waals surface area contributed by atoms with Crippen molar-refractivity contribution < 1.29 is 18.8 Å². The zero-order valence-electron chi connectivity index (χ0n) is 24.6. The maximum absolute atomic E-state index is 11.6. The van der Waals surface area contributed by atoms with Crippen LogP contribution in [0.15, 0.2) is 82.5 Å². The van der Waals surface area contributed by atoms with Crippen LogP contribution in [0.25, 0.3) is 5.57 Å². The van der Waals surface area contributed by atoms with E-state index in [1.807, 2.05) is 42.5 Å². The topological polar surface area (TPSA) is 109 Å². The number of amidine groups is 1. The summed E-state index contributed by atoms with van der Waals surface area (Å²) in [4.78, 5) is 18.7. The number of carbonyl (C=O) groups excluding carboxylic acids is 1. The van der Waals surface area contributed by atoms with E-state index in [-0.39, 0.29) is 5.91 Å². The minimum Gasteiger partial charge on any atom is -0.497 e. The molecule has 1 amide bonds. The molecule has 3 N–H and O–H groups in total. The molecule has 0 unspecified atom stereocenters. The van der Waals surface area contributed by atoms with Gasteiger partial charge in [-0.25, -0.2) is 4.99 Å². The number of ether oxygens (including phenoxy) is 2. The molecule has 1 saturated heterocycles. The summed E-state index contributed by atoms with van der Waals surface area (Å²) in [6.07, 6.45) is 9.67. The van der Waals surface area contributed by atoms with E-state index in [0.29, 0.717) is 17.2 Å². The van der Waals surface area contributed by atoms with Crippen LogP contribution < -0.4 is 20.6 Å². The minimum absolute atomic E-state index is 0.100. The number of nitrogens with one attached hydrogen (secondary N) is 1. The quantitative estimate of drug-likeness (QED) is 0.145. The number of hydrogen-bond acceptors (Lipinski definition) is 6. The van der Waals surface area contributed by atoms with Gasteiger partial charge in [-0.1, -0.05) is 12.1 Å². The highest BCUT2D eigenvalue weighted by Gasteiger charge is 2.40. The third-order valence-corrected chi connectivity index (χ3v) is 7.82. The third-order valence-electron chi connectivity index (χ3n) is 7.82. The SMILES string of the molecule is COc1cc(OC)cc(C(C=Nc2ccc3n2[B]N2C(=C3c3ccc(NC(C)=O)cc3)C=CC2=[N+]2CCCCC2)=NN)c1. The molecule has 1 radical (unpaired) electrons. The number of rotatable bonds is 7. The molecular formula is C32H34BN7O3+. The van der Waals surface area contributed by atoms with Crippen LogP contribution in [-0.4, -0.2) is 72.4 Å². The number of aliphatic imine (C=N–C) groups is 1. The summed E-state index contributed by atoms with van der Waals surface area (Å²) < 4.78 is 15.4. The molecule has 0 spiro atoms. The predicted molar refractivity (Wildman–Crippen MR) is 171 cm³/mol. The van der Waals surface area contributed by atoms with Gasteiger partial charge in [0, 0.05) is 41.6 Å². The summed E-state index contributed by atoms with van der Waals surface area (Å²) in [6.45, 7) is 3.57. The van der Waals surface area contributed by atoms with Crippen LogP contribution in [0, 0.1) is 0 Å². The summed E-state index contributed by atoms with van der Waals surface area (Å²) in [7, 11) is 5.30. The second-order valence-corrected chi connectivity index (χ2v) is 10.6. The summed E-state index contributed by atoms with van der Waals surface area (Å²) >= 11 is 0. The molecule has 0 aliphatic carbocycles. The average Bonchev–Trinajstić information content (AvgIpc) is 3.65. The molecule has 4 heterocycles. The first kappa shape index (κ1) is 28.1. The first-order valence-corrected chi connectivity index (χ1v) is 14.3. The third kappa shape index (κ3) is 5.58. The van der Waals surface area contributed by atoms with E-state index in [1.54, 1.807) is 26.5 Å². The Balaban J connectivity index is 1.41. The first-order chi connectivity index (χ1) is 21.0. The monoisotopic (exact) mass is 575 g/mol. The van der Waals surface area contributed by atoms with Gasteiger partial charge in [-0.3, -0.25) is 14.2 Å². The Labute approximate surface area is 251 Å². The number of hydrazone groups is 1. The van der Waals surface area contributed by atoms with Crippen LogP contribution in [-0.2, 0) is 4.79 Å². The molecule has 6 rings (SSSR count). The van der Waals surface area contributed by atoms with Crippen molar-refractivity contribution >= 4 is 48.3 Å². The molecule has 10 nitrogen and oxygen atoms in total. The van der Waals surface area contributed by atoms with Gasteiger partial charge in [-0.05, 0) is 67.3 Å². The standard InChI is InChI=1S/C32H33BN7O3/c1-21(41)36-24-9-7-22(8-10-24)32-28-11-13-30(35-20-27(37-34)23-17-25(42-2)19-26(18-23)43-3)39(28)33-40-29(32)12-14-31(40)38-15-5-4-6-16-38/h7-14,17-20H,4-6,15-16H2,1-3H3,(H2,34,35,36,41)/p+1. The lowest BCUT2D eigenvalue weighted by molar-refractivity contribution is -0.539. The average molecular weight is 575 g/mol. The van der Waals surface area contributed by atoms with E-state index in [2.05, 4.69) is 50.1 Å². The van der Waals surface area contributed by atoms with Crippen LogP contribution in [0.2, 0.25) is 0 Å². The highest BCUT2D eigenvalue weighted by molar-refractivity contribution is 6.42. The van der Waals surface area contributed by atoms with Gasteiger partial charge in [-0.15, -0.1) is 0 Å². The van der Waals surface area contributed by atoms with Crippen molar-refractivity contribution in [2.75, 3.05) is 32.6 Å². The van der Waals surface area contributed by atoms with Gasteiger partial charge in [0.1, 0.15) is 28.7 Å². The summed E-state index contributed by atoms with van der Waals surface area (Å²) in [6, 6.07) is 17.5. The normalized spacial score (nSPS) is 16.3. The number of anilines is 1. The second kappa shape index (κ2) is 12.0. The van der Waals surface area contributed by atoms with Crippen LogP contribution in [0.4, 0.5) is 11.5 Å². The Kier molecular flexibility index (Phi) is 7.87. The minimum atomic E-state index is -0.100. The Morgan fingerprint density at radius 3 is 2.37 bits per heavy atom. The maximum Gasteiger partial charge on any atom is 0.553 e. The summed E-state index contributed by atoms with van der Waals surface area (Å²) in [5.41, 5.74) is 6.18. The first-order valence-electron chi connectivity index (χ1n) is 14.3. The smallest absolute Gasteiger partial charge is 0.497 e. The summed E-state index contributed by atoms with van der Waals surface area (Å²) in [5.74, 6) is 8.86. The van der Waals surface area contributed by atoms with E-state index in [4.69, 9.17) is 20.3 Å². The molecule has 1 fully saturated rings. The van der Waals surface area contributed by atoms with Crippen LogP contribution >= 0.6 is 0 Å². The number of benzene rings is 2. The van der Waals surface area contributed by atoms with Crippen molar-refractivity contribution in [3.8, 4) is 11.5 Å². The van der Waals surface area contributed by atoms with Crippen LogP contribution in [0.3, 0.4) is 0 Å². The largest absolute Gasteiger partial charge is 0.553 e. The molecule has 0 atom stereocenters. The van der Waals surface area contributed by atoms with Gasteiger partial charge in [0.25, 0.3) is 5.84 Å². The fourth-order valence-electron chi connectivity index (χ4n) is 5.74. The van der Waals surface area contributed by atoms with E-state index in [9.17, 15) is 4.79 Å². The van der Waals surface area contributed by atoms with E-state index in [1.165, 1.54) is 26.2 Å². The Morgan fingerprint density at radius 2 is 1.72 bits per heavy atom. The van der Waals surface area contributed by atoms with Gasteiger partial charge in [0.2, 0.25) is 5.91 Å². The van der Waals surface area contributed by atoms with Crippen molar-refractivity contribution in [1.82, 2.24) is 9.29 Å². The van der Waals surface area contributed by atoms with Crippen molar-refractivity contribution in [2.45, 2.75) is 26.2 Å². The fourth-order valence-corrected chi connectivity index (χ4v) is 5.74. The molecular weight excluding hydrogens is 541 g/mol. The number of amides is 1. The molecule has 0 saturated carbocycles. The highest BCUT2D eigenvalue weighted by Crippen LogP contribution is 2.38. The lowest BCUT2D eigenvalue weighted by Gasteiger charge is -2.27. The number of nitrogens with zero attached hydrogens (tertiary/aromatic N) is 5. The molecule has 3 aromatic rings. The molecule has 11 heteroatoms. The van der Waals surface area contributed by atoms with Crippen LogP contribution in [0.5, 0.6) is 11.5 Å². The van der Waals surface area contributed by atoms with Crippen molar-refractivity contribution in [3.63, 3.8) is 0 Å². The van der Waals surface area contributed by atoms with Crippen LogP contribution in [0.1, 0.15) is 43.0 Å². The molecule has 3 aliphatic rings. The van der Waals surface area contributed by atoms with Gasteiger partial charge in [0.15, 0.2) is 0 Å². The van der Waals surface area contributed by atoms with Gasteiger partial charge in [0.05, 0.1) is 33.5 Å². The Hall–Kier alpha value is -5.06. The van der Waals surface area contributed by atoms with Gasteiger partial charge < -0.3 is 25.1 Å². The molecule has 0 bridgehead atoms. The Bertz CT molecular complexity index is 1690. The number of nitrogens with two attached hydrogens (primary N) is 1. The highest BCUT2D eigenvalue weighted by atomic mass is 16.5. The molecule has 1 aromatic heterocycles. The fraction of sp³-hybridized carbons (Fsp3) is 0.250. The van der Waals surface area contributed by atoms with E-state index < -0.39 is 0 Å². The molecule has 43 heavy (non-hydrogen) atoms. The lowest BCUT2D eigenvalue weighted by atomic mass is 9.91. The molecule has 217 valence electrons. The van der Waals surface area contributed by atoms with E-state index >= 15 is 0 Å². The zero-order valence-corrected chi connectivity index (χ0v) is 24.6. The number of allylic oxidation sites excluding steroid dienone is 1. The van der Waals surface area contributed by atoms with Crippen molar-refractivity contribution in [2.24, 2.45) is 15.9 Å². The summed E-state index contributed by atoms with van der Waals surface area (Å²) in [5, 5.41) is 6.86. The van der Waals surface area contributed by atoms with Gasteiger partial charge in [-0.2, -0.15) is 5.10 Å². The van der Waals surface area contributed by atoms with Gasteiger partial charge >= 0.3 is 7.55 Å². The number of aromatic nitrogens is 1. The Morgan fingerprint density at radius 1 is 1.00 bits per heavy atom. The van der Waals surface area contributed by atoms with Crippen molar-refractivity contribution in [1.29, 1.82) is 0 Å². The predicted octanol–water partition coefficient (Wildman–Crippen LogP) is 4.15. The maximum atomic E-state index is 11.6. The van der Waals surface area contributed by atoms with E-state index in [0.717, 1.165) is 58.5 Å². The second-order valence-electron chi connectivity index (χ2n) is 10.6. The lowest BCUT2D eigenvalue weighted by Crippen LogP contribution is -2.42. The molecule has 3 aliphatic heterocycles. The van der Waals surface area contributed by atoms with Crippen molar-refractivity contribution in [3.05, 3.63) is 89.3 Å². The molecule has 2 aromatic carbocycles. The zero-order chi connectivity index (χ0) is 29.9. The number of hydrogen-bond donors (Lipinski definition) is 2. The number of carbonyl (C=O) groups is 1. The number of fused-ring (bicyclic) bond motifs is 2. The number of piperidine rings is 1. The number of methoxy groups -OCH3 is 2.